The first kappa shape index (κ1) is 64.3. The molecule has 6 aliphatic rings. The van der Waals surface area contributed by atoms with Gasteiger partial charge in [-0.25, -0.2) is 0 Å². The van der Waals surface area contributed by atoms with Crippen LogP contribution in [0.1, 0.15) is 94.5 Å². The highest BCUT2D eigenvalue weighted by Crippen LogP contribution is 2.67. The number of hydrogen-bond acceptors (Lipinski definition) is 2. The molecule has 17 aromatic carbocycles. The van der Waals surface area contributed by atoms with E-state index in [1.165, 1.54) is 178 Å². The third kappa shape index (κ3) is 8.86. The molecule has 0 radical (unpaired) electrons. The lowest BCUT2D eigenvalue weighted by atomic mass is 9.70. The van der Waals surface area contributed by atoms with Crippen LogP contribution in [-0.2, 0) is 21.7 Å². The summed E-state index contributed by atoms with van der Waals surface area (Å²) in [4.78, 5) is 5.02. The Hall–Kier alpha value is -13.7. The normalized spacial score (nSPS) is 14.5. The van der Waals surface area contributed by atoms with Crippen molar-refractivity contribution in [2.45, 2.75) is 49.4 Å². The molecular weight excluding hydrogens is 1350 g/mol. The number of para-hydroxylation sites is 1. The number of benzene rings is 17. The van der Waals surface area contributed by atoms with Crippen molar-refractivity contribution in [1.82, 2.24) is 0 Å². The Bertz CT molecular complexity index is 6720. The Kier molecular flexibility index (Phi) is 13.7. The number of hydrogen-bond donors (Lipinski definition) is 0. The summed E-state index contributed by atoms with van der Waals surface area (Å²) < 4.78 is 0. The summed E-state index contributed by atoms with van der Waals surface area (Å²) in [6, 6.07) is 147. The van der Waals surface area contributed by atoms with Crippen LogP contribution in [-0.4, -0.2) is 0 Å². The molecule has 0 heterocycles. The van der Waals surface area contributed by atoms with Gasteiger partial charge in [-0.3, -0.25) is 0 Å². The fourth-order valence-corrected chi connectivity index (χ4v) is 21.3. The molecule has 2 heteroatoms. The summed E-state index contributed by atoms with van der Waals surface area (Å²) in [6.07, 6.45) is 0. The zero-order chi connectivity index (χ0) is 74.3. The molecule has 0 saturated heterocycles. The maximum atomic E-state index is 2.57. The predicted octanol–water partition coefficient (Wildman–Crippen LogP) is 28.6. The predicted molar refractivity (Wildman–Crippen MR) is 465 cm³/mol. The van der Waals surface area contributed by atoms with E-state index >= 15 is 0 Å². The van der Waals surface area contributed by atoms with Crippen LogP contribution in [0.5, 0.6) is 0 Å². The molecule has 0 fully saturated rings. The lowest BCUT2D eigenvalue weighted by molar-refractivity contribution is 0.660. The van der Waals surface area contributed by atoms with E-state index in [-0.39, 0.29) is 16.2 Å². The number of rotatable bonds is 10. The van der Waals surface area contributed by atoms with Gasteiger partial charge in [0, 0.05) is 44.7 Å². The van der Waals surface area contributed by atoms with Crippen molar-refractivity contribution in [3.05, 3.63) is 455 Å². The molecule has 0 aromatic heterocycles. The summed E-state index contributed by atoms with van der Waals surface area (Å²) in [5.74, 6) is 0. The van der Waals surface area contributed by atoms with E-state index in [0.717, 1.165) is 34.1 Å². The van der Waals surface area contributed by atoms with E-state index in [1.54, 1.807) is 0 Å². The van der Waals surface area contributed by atoms with E-state index in [9.17, 15) is 0 Å². The highest BCUT2D eigenvalue weighted by atomic mass is 15.2. The van der Waals surface area contributed by atoms with Crippen molar-refractivity contribution < 1.29 is 0 Å². The van der Waals surface area contributed by atoms with Gasteiger partial charge in [-0.15, -0.1) is 0 Å². The molecule has 0 amide bonds. The number of nitrogens with zero attached hydrogens (tertiary/aromatic N) is 2. The van der Waals surface area contributed by atoms with Crippen LogP contribution in [0.2, 0.25) is 0 Å². The van der Waals surface area contributed by atoms with Gasteiger partial charge in [-0.2, -0.15) is 0 Å². The molecule has 526 valence electrons. The third-order valence-corrected chi connectivity index (χ3v) is 26.3. The highest BCUT2D eigenvalue weighted by Gasteiger charge is 2.54. The van der Waals surface area contributed by atoms with Crippen molar-refractivity contribution in [2.24, 2.45) is 0 Å². The summed E-state index contributed by atoms with van der Waals surface area (Å²) in [7, 11) is 0. The fraction of sp³-hybridized carbons (Fsp3) is 0.0727. The zero-order valence-electron chi connectivity index (χ0n) is 62.8. The Balaban J connectivity index is 0.581. The van der Waals surface area contributed by atoms with Crippen LogP contribution < -0.4 is 9.80 Å². The Morgan fingerprint density at radius 1 is 0.161 bits per heavy atom. The van der Waals surface area contributed by atoms with Gasteiger partial charge >= 0.3 is 0 Å². The molecule has 0 atom stereocenters. The fourth-order valence-electron chi connectivity index (χ4n) is 21.3. The van der Waals surface area contributed by atoms with E-state index in [1.807, 2.05) is 0 Å². The molecule has 0 bridgehead atoms. The summed E-state index contributed by atoms with van der Waals surface area (Å²) in [5, 5.41) is 0. The largest absolute Gasteiger partial charge is 0.310 e. The Labute approximate surface area is 655 Å². The monoisotopic (exact) mass is 1420 g/mol. The van der Waals surface area contributed by atoms with Gasteiger partial charge in [0.25, 0.3) is 0 Å². The number of anilines is 6. The van der Waals surface area contributed by atoms with Crippen molar-refractivity contribution in [3.63, 3.8) is 0 Å². The minimum absolute atomic E-state index is 0.160. The van der Waals surface area contributed by atoms with E-state index < -0.39 is 5.41 Å². The molecule has 0 saturated carbocycles. The molecule has 0 aliphatic heterocycles. The molecule has 2 spiro atoms. The van der Waals surface area contributed by atoms with Crippen LogP contribution >= 0.6 is 0 Å². The van der Waals surface area contributed by atoms with Crippen LogP contribution in [0.4, 0.5) is 34.1 Å². The van der Waals surface area contributed by atoms with Gasteiger partial charge in [0.05, 0.1) is 22.2 Å². The first-order valence-electron chi connectivity index (χ1n) is 39.5. The van der Waals surface area contributed by atoms with Gasteiger partial charge in [-0.1, -0.05) is 343 Å². The van der Waals surface area contributed by atoms with Gasteiger partial charge in [0.15, 0.2) is 0 Å². The molecule has 0 unspecified atom stereocenters. The van der Waals surface area contributed by atoms with Crippen molar-refractivity contribution >= 4 is 34.1 Å². The van der Waals surface area contributed by atoms with E-state index in [2.05, 4.69) is 426 Å². The minimum atomic E-state index is -0.481. The van der Waals surface area contributed by atoms with Crippen molar-refractivity contribution in [1.29, 1.82) is 0 Å². The molecule has 112 heavy (non-hydrogen) atoms. The van der Waals surface area contributed by atoms with Gasteiger partial charge in [0.1, 0.15) is 0 Å². The van der Waals surface area contributed by atoms with Crippen molar-refractivity contribution in [2.75, 3.05) is 9.80 Å². The van der Waals surface area contributed by atoms with Gasteiger partial charge in [-0.05, 0) is 240 Å². The first-order chi connectivity index (χ1) is 55.1. The van der Waals surface area contributed by atoms with Crippen molar-refractivity contribution in [3.8, 4) is 111 Å². The maximum Gasteiger partial charge on any atom is 0.0726 e. The maximum absolute atomic E-state index is 2.57. The van der Waals surface area contributed by atoms with Gasteiger partial charge in [0.2, 0.25) is 0 Å². The number of fused-ring (bicyclic) bond motifs is 26. The molecule has 6 aliphatic carbocycles. The second kappa shape index (κ2) is 23.9. The molecule has 17 aromatic rings. The second-order valence-corrected chi connectivity index (χ2v) is 32.5. The zero-order valence-corrected chi connectivity index (χ0v) is 62.8. The lowest BCUT2D eigenvalue weighted by Gasteiger charge is -2.33. The Morgan fingerprint density at radius 3 is 0.955 bits per heavy atom. The molecule has 23 rings (SSSR count). The van der Waals surface area contributed by atoms with Gasteiger partial charge < -0.3 is 9.80 Å². The highest BCUT2D eigenvalue weighted by molar-refractivity contribution is 6.04. The summed E-state index contributed by atoms with van der Waals surface area (Å²) >= 11 is 0. The topological polar surface area (TPSA) is 6.48 Å². The van der Waals surface area contributed by atoms with E-state index in [0.29, 0.717) is 0 Å². The van der Waals surface area contributed by atoms with Crippen LogP contribution in [0, 0.1) is 0 Å². The quantitative estimate of drug-likeness (QED) is 0.135. The minimum Gasteiger partial charge on any atom is -0.310 e. The standard InChI is InChI=1S/C110H76N2/c1-107(2)92-35-16-8-28-81(92)87-61-59-78(67-102(87)107)111(77-57-51-72(52-58-77)75-54-64-100-91(66-75)86-33-13-21-40-98(86)109(100)94-36-17-9-29-82(94)83-30-10-18-37-95(83)109)76-55-49-70(50-56-76)69-45-47-71(48-46-69)74-53-63-93-90(65-74)88-62-60-79(68-103(88)108(93,3)4)112(104-43-23-15-27-80(104)73-25-6-5-7-26-73)105-44-24-42-101-106(105)89-34-14-22-41-99(89)110(101)96-38-19-11-31-84(96)85-32-12-20-39-97(85)110/h5-68H,1-4H3. The lowest BCUT2D eigenvalue weighted by Crippen LogP contribution is -2.26. The van der Waals surface area contributed by atoms with Crippen LogP contribution in [0.15, 0.2) is 388 Å². The van der Waals surface area contributed by atoms with Crippen LogP contribution in [0.25, 0.3) is 111 Å². The first-order valence-corrected chi connectivity index (χ1v) is 39.5. The molecule has 2 nitrogen and oxygen atoms in total. The van der Waals surface area contributed by atoms with Crippen LogP contribution in [0.3, 0.4) is 0 Å². The third-order valence-electron chi connectivity index (χ3n) is 26.3. The SMILES string of the molecule is CC1(C)c2ccccc2-c2ccc(N(c3ccc(-c4ccc(-c5ccc6c(c5)-c5ccc(N(c7ccccc7-c7ccccc7)c7cccc8c7-c7ccccc7C87c8ccccc8-c8ccccc87)cc5C6(C)C)cc4)cc3)c3ccc(-c4ccc5c(c4)-c4ccccc4C54c5ccccc5-c5ccccc54)cc3)cc21. The molecule has 0 N–H and O–H groups in total. The van der Waals surface area contributed by atoms with E-state index in [4.69, 9.17) is 0 Å². The molecular formula is C110H76N2. The summed E-state index contributed by atoms with van der Waals surface area (Å²) in [6.45, 7) is 9.58. The average Bonchev–Trinajstić information content (AvgIpc) is 1.51. The smallest absolute Gasteiger partial charge is 0.0726 e. The summed E-state index contributed by atoms with van der Waals surface area (Å²) in [5.41, 5.74) is 46.7. The average molecular weight is 1430 g/mol. The second-order valence-electron chi connectivity index (χ2n) is 32.5. The Morgan fingerprint density at radius 2 is 0.455 bits per heavy atom.